The van der Waals surface area contributed by atoms with Crippen LogP contribution >= 0.6 is 11.6 Å². The van der Waals surface area contributed by atoms with Crippen LogP contribution in [0.15, 0.2) is 18.2 Å². The first-order valence-electron chi connectivity index (χ1n) is 6.15. The predicted molar refractivity (Wildman–Crippen MR) is 69.2 cm³/mol. The number of Topliss-reactive ketones (excluding diaryl/α,β-unsaturated/α-hetero) is 1. The quantitative estimate of drug-likeness (QED) is 0.803. The number of benzene rings is 1. The minimum Gasteiger partial charge on any atom is -0.492 e. The van der Waals surface area contributed by atoms with Gasteiger partial charge in [-0.2, -0.15) is 13.2 Å². The van der Waals surface area contributed by atoms with Gasteiger partial charge < -0.3 is 4.74 Å². The number of hydrogen-bond acceptors (Lipinski definition) is 2. The van der Waals surface area contributed by atoms with Crippen molar-refractivity contribution in [2.24, 2.45) is 11.3 Å². The van der Waals surface area contributed by atoms with Crippen molar-refractivity contribution in [2.75, 3.05) is 6.61 Å². The van der Waals surface area contributed by atoms with Gasteiger partial charge in [-0.15, -0.1) is 0 Å². The Morgan fingerprint density at radius 3 is 2.60 bits per heavy atom. The molecule has 0 aliphatic carbocycles. The maximum atomic E-state index is 12.9. The van der Waals surface area contributed by atoms with Crippen LogP contribution in [0, 0.1) is 11.3 Å². The predicted octanol–water partition coefficient (Wildman–Crippen LogP) is 4.51. The first-order valence-corrected chi connectivity index (χ1v) is 6.53. The van der Waals surface area contributed by atoms with Crippen molar-refractivity contribution in [3.05, 3.63) is 28.8 Å². The number of rotatable bonds is 2. The molecule has 20 heavy (non-hydrogen) atoms. The van der Waals surface area contributed by atoms with Crippen molar-refractivity contribution in [2.45, 2.75) is 26.4 Å². The van der Waals surface area contributed by atoms with E-state index < -0.39 is 17.5 Å². The molecule has 1 heterocycles. The van der Waals surface area contributed by atoms with Crippen LogP contribution in [0.1, 0.15) is 30.6 Å². The molecule has 0 aromatic heterocycles. The molecule has 2 nitrogen and oxygen atoms in total. The van der Waals surface area contributed by atoms with Crippen molar-refractivity contribution in [3.63, 3.8) is 0 Å². The summed E-state index contributed by atoms with van der Waals surface area (Å²) in [5.74, 6) is -0.774. The number of carbonyl (C=O) groups excluding carboxylic acids is 1. The van der Waals surface area contributed by atoms with Crippen LogP contribution in [-0.2, 0) is 0 Å². The van der Waals surface area contributed by atoms with E-state index in [2.05, 4.69) is 0 Å². The molecule has 2 rings (SSSR count). The van der Waals surface area contributed by atoms with Crippen molar-refractivity contribution in [3.8, 4) is 5.75 Å². The van der Waals surface area contributed by atoms with E-state index in [1.54, 1.807) is 0 Å². The van der Waals surface area contributed by atoms with E-state index in [1.165, 1.54) is 18.2 Å². The number of carbonyl (C=O) groups is 1. The fourth-order valence-electron chi connectivity index (χ4n) is 2.19. The Labute approximate surface area is 119 Å². The topological polar surface area (TPSA) is 26.3 Å². The normalized spacial score (nSPS) is 19.5. The van der Waals surface area contributed by atoms with Crippen molar-refractivity contribution in [1.29, 1.82) is 0 Å². The van der Waals surface area contributed by atoms with Gasteiger partial charge in [0.15, 0.2) is 5.78 Å². The molecule has 1 aromatic rings. The zero-order valence-electron chi connectivity index (χ0n) is 11.1. The molecule has 1 aromatic carbocycles. The molecule has 1 aliphatic rings. The van der Waals surface area contributed by atoms with Crippen LogP contribution in [0.5, 0.6) is 5.75 Å². The summed E-state index contributed by atoms with van der Waals surface area (Å²) in [7, 11) is 0. The lowest BCUT2D eigenvalue weighted by atomic mass is 9.79. The Morgan fingerprint density at radius 2 is 2.00 bits per heavy atom. The van der Waals surface area contributed by atoms with Gasteiger partial charge in [-0.1, -0.05) is 25.4 Å². The molecule has 0 amide bonds. The third-order valence-electron chi connectivity index (χ3n) is 3.54. The summed E-state index contributed by atoms with van der Waals surface area (Å²) in [5, 5.41) is 0.422. The average Bonchev–Trinajstić information content (AvgIpc) is 2.31. The second-order valence-corrected chi connectivity index (χ2v) is 6.03. The molecule has 0 bridgehead atoms. The lowest BCUT2D eigenvalue weighted by Gasteiger charge is -2.33. The van der Waals surface area contributed by atoms with Crippen molar-refractivity contribution < 1.29 is 22.7 Å². The first-order chi connectivity index (χ1) is 9.12. The lowest BCUT2D eigenvalue weighted by molar-refractivity contribution is -0.216. The summed E-state index contributed by atoms with van der Waals surface area (Å²) in [5.41, 5.74) is -1.63. The summed E-state index contributed by atoms with van der Waals surface area (Å²) >= 11 is 5.79. The van der Waals surface area contributed by atoms with Crippen molar-refractivity contribution >= 4 is 17.4 Å². The number of halogens is 4. The molecule has 0 saturated heterocycles. The van der Waals surface area contributed by atoms with E-state index in [4.69, 9.17) is 16.3 Å². The maximum absolute atomic E-state index is 12.9. The largest absolute Gasteiger partial charge is 0.492 e. The minimum atomic E-state index is -4.35. The van der Waals surface area contributed by atoms with Crippen LogP contribution in [0.4, 0.5) is 13.2 Å². The van der Waals surface area contributed by atoms with E-state index in [1.807, 2.05) is 0 Å². The van der Waals surface area contributed by atoms with Gasteiger partial charge in [-0.05, 0) is 24.6 Å². The summed E-state index contributed by atoms with van der Waals surface area (Å²) in [6.07, 6.45) is -4.65. The van der Waals surface area contributed by atoms with Gasteiger partial charge in [0, 0.05) is 5.02 Å². The number of ketones is 1. The maximum Gasteiger partial charge on any atom is 0.394 e. The second kappa shape index (κ2) is 4.95. The van der Waals surface area contributed by atoms with Crippen LogP contribution in [0.3, 0.4) is 0 Å². The van der Waals surface area contributed by atoms with Crippen molar-refractivity contribution in [1.82, 2.24) is 0 Å². The van der Waals surface area contributed by atoms with Crippen LogP contribution in [-0.4, -0.2) is 18.6 Å². The fourth-order valence-corrected chi connectivity index (χ4v) is 2.35. The number of alkyl halides is 3. The standard InChI is InChI=1S/C14H14ClF3O2/c1-13(2,14(16,17)18)6-8-7-20-11-5-9(15)3-4-10(11)12(8)19/h3-5,8H,6-7H2,1-2H3. The van der Waals surface area contributed by atoms with Crippen LogP contribution < -0.4 is 4.74 Å². The Morgan fingerprint density at radius 1 is 1.35 bits per heavy atom. The smallest absolute Gasteiger partial charge is 0.394 e. The molecule has 6 heteroatoms. The van der Waals surface area contributed by atoms with Gasteiger partial charge >= 0.3 is 6.18 Å². The highest BCUT2D eigenvalue weighted by molar-refractivity contribution is 6.30. The van der Waals surface area contributed by atoms with E-state index in [-0.39, 0.29) is 18.8 Å². The van der Waals surface area contributed by atoms with Gasteiger partial charge in [0.2, 0.25) is 0 Å². The van der Waals surface area contributed by atoms with E-state index >= 15 is 0 Å². The van der Waals surface area contributed by atoms with E-state index in [9.17, 15) is 18.0 Å². The third kappa shape index (κ3) is 2.77. The van der Waals surface area contributed by atoms with Crippen LogP contribution in [0.25, 0.3) is 0 Å². The lowest BCUT2D eigenvalue weighted by Crippen LogP contribution is -2.39. The Hall–Kier alpha value is -1.23. The van der Waals surface area contributed by atoms with Gasteiger partial charge in [0.25, 0.3) is 0 Å². The Balaban J connectivity index is 2.22. The monoisotopic (exact) mass is 306 g/mol. The van der Waals surface area contributed by atoms with Gasteiger partial charge in [-0.25, -0.2) is 0 Å². The SMILES string of the molecule is CC(C)(CC1COc2cc(Cl)ccc2C1=O)C(F)(F)F. The summed E-state index contributed by atoms with van der Waals surface area (Å²) in [4.78, 5) is 12.2. The number of fused-ring (bicyclic) bond motifs is 1. The molecule has 0 fully saturated rings. The van der Waals surface area contributed by atoms with Gasteiger partial charge in [0.1, 0.15) is 5.75 Å². The zero-order chi connectivity index (χ0) is 15.1. The third-order valence-corrected chi connectivity index (χ3v) is 3.78. The van der Waals surface area contributed by atoms with Gasteiger partial charge in [0.05, 0.1) is 23.5 Å². The molecule has 0 N–H and O–H groups in total. The molecule has 0 radical (unpaired) electrons. The molecule has 1 atom stereocenters. The molecule has 0 spiro atoms. The molecule has 1 unspecified atom stereocenters. The average molecular weight is 307 g/mol. The molecule has 1 aliphatic heterocycles. The summed E-state index contributed by atoms with van der Waals surface area (Å²) < 4.78 is 44.1. The number of hydrogen-bond donors (Lipinski definition) is 0. The minimum absolute atomic E-state index is 0.0499. The Kier molecular flexibility index (Phi) is 3.75. The fraction of sp³-hybridized carbons (Fsp3) is 0.500. The highest BCUT2D eigenvalue weighted by Gasteiger charge is 2.49. The highest BCUT2D eigenvalue weighted by atomic mass is 35.5. The second-order valence-electron chi connectivity index (χ2n) is 5.60. The highest BCUT2D eigenvalue weighted by Crippen LogP contribution is 2.44. The molecular weight excluding hydrogens is 293 g/mol. The molecule has 110 valence electrons. The summed E-state index contributed by atoms with van der Waals surface area (Å²) in [6.45, 7) is 2.14. The summed E-state index contributed by atoms with van der Waals surface area (Å²) in [6, 6.07) is 4.52. The van der Waals surface area contributed by atoms with E-state index in [0.717, 1.165) is 13.8 Å². The molecular formula is C14H14ClF3O2. The first kappa shape index (κ1) is 15.2. The van der Waals surface area contributed by atoms with Crippen LogP contribution in [0.2, 0.25) is 5.02 Å². The van der Waals surface area contributed by atoms with Gasteiger partial charge in [-0.3, -0.25) is 4.79 Å². The molecule has 0 saturated carbocycles. The number of ether oxygens (including phenoxy) is 1. The Bertz CT molecular complexity index is 538. The zero-order valence-corrected chi connectivity index (χ0v) is 11.8. The van der Waals surface area contributed by atoms with E-state index in [0.29, 0.717) is 16.3 Å².